The van der Waals surface area contributed by atoms with Gasteiger partial charge in [-0.3, -0.25) is 9.69 Å². The first-order chi connectivity index (χ1) is 11.2. The Labute approximate surface area is 136 Å². The van der Waals surface area contributed by atoms with Crippen molar-refractivity contribution in [3.05, 3.63) is 53.4 Å². The first kappa shape index (κ1) is 15.7. The van der Waals surface area contributed by atoms with Gasteiger partial charge in [-0.05, 0) is 38.4 Å². The molecule has 122 valence electrons. The third-order valence-electron chi connectivity index (χ3n) is 4.33. The smallest absolute Gasteiger partial charge is 0.223 e. The number of aromatic nitrogens is 1. The summed E-state index contributed by atoms with van der Waals surface area (Å²) in [4.78, 5) is 14.6. The molecule has 0 aliphatic carbocycles. The van der Waals surface area contributed by atoms with Crippen LogP contribution in [0.2, 0.25) is 0 Å². The number of nitrogens with zero attached hydrogens (tertiary/aromatic N) is 2. The third kappa shape index (κ3) is 4.42. The monoisotopic (exact) mass is 313 g/mol. The fourth-order valence-electron chi connectivity index (χ4n) is 3.00. The van der Waals surface area contributed by atoms with Crippen LogP contribution in [0.4, 0.5) is 0 Å². The van der Waals surface area contributed by atoms with Crippen molar-refractivity contribution in [3.63, 3.8) is 0 Å². The highest BCUT2D eigenvalue weighted by Crippen LogP contribution is 2.19. The van der Waals surface area contributed by atoms with Crippen molar-refractivity contribution >= 4 is 5.91 Å². The van der Waals surface area contributed by atoms with Gasteiger partial charge in [0.1, 0.15) is 5.76 Å². The van der Waals surface area contributed by atoms with E-state index in [-0.39, 0.29) is 11.8 Å². The predicted octanol–water partition coefficient (Wildman–Crippen LogP) is 2.51. The number of nitrogens with one attached hydrogen (secondary N) is 1. The van der Waals surface area contributed by atoms with Gasteiger partial charge >= 0.3 is 0 Å². The molecule has 1 saturated heterocycles. The molecule has 0 atom stereocenters. The number of carbonyl (C=O) groups is 1. The largest absolute Gasteiger partial charge is 0.361 e. The normalized spacial score (nSPS) is 16.4. The van der Waals surface area contributed by atoms with Crippen LogP contribution in [-0.4, -0.2) is 29.1 Å². The molecule has 1 aliphatic rings. The molecule has 0 radical (unpaired) electrons. The number of hydrogen-bond acceptors (Lipinski definition) is 4. The molecule has 5 heteroatoms. The summed E-state index contributed by atoms with van der Waals surface area (Å²) < 4.78 is 5.10. The van der Waals surface area contributed by atoms with E-state index in [9.17, 15) is 4.79 Å². The van der Waals surface area contributed by atoms with Crippen LogP contribution in [0.3, 0.4) is 0 Å². The highest BCUT2D eigenvalue weighted by molar-refractivity contribution is 5.78. The van der Waals surface area contributed by atoms with Crippen LogP contribution >= 0.6 is 0 Å². The molecular formula is C18H23N3O2. The van der Waals surface area contributed by atoms with Gasteiger partial charge < -0.3 is 9.84 Å². The van der Waals surface area contributed by atoms with E-state index < -0.39 is 0 Å². The second-order valence-corrected chi connectivity index (χ2v) is 6.18. The zero-order valence-corrected chi connectivity index (χ0v) is 13.5. The highest BCUT2D eigenvalue weighted by atomic mass is 16.5. The second-order valence-electron chi connectivity index (χ2n) is 6.18. The minimum Gasteiger partial charge on any atom is -0.361 e. The van der Waals surface area contributed by atoms with Crippen LogP contribution in [0, 0.1) is 12.8 Å². The zero-order chi connectivity index (χ0) is 16.1. The lowest BCUT2D eigenvalue weighted by Crippen LogP contribution is -2.40. The summed E-state index contributed by atoms with van der Waals surface area (Å²) in [5.74, 6) is 1.13. The molecule has 1 aromatic heterocycles. The Morgan fingerprint density at radius 1 is 1.30 bits per heavy atom. The second kappa shape index (κ2) is 7.42. The quantitative estimate of drug-likeness (QED) is 0.921. The number of carbonyl (C=O) groups excluding carboxylic acids is 1. The van der Waals surface area contributed by atoms with E-state index in [4.69, 9.17) is 4.52 Å². The molecule has 1 N–H and O–H groups in total. The lowest BCUT2D eigenvalue weighted by molar-refractivity contribution is -0.126. The Kier molecular flexibility index (Phi) is 5.08. The maximum atomic E-state index is 12.3. The van der Waals surface area contributed by atoms with Gasteiger partial charge in [0.15, 0.2) is 0 Å². The molecule has 1 aliphatic heterocycles. The van der Waals surface area contributed by atoms with Gasteiger partial charge in [0, 0.05) is 25.1 Å². The topological polar surface area (TPSA) is 58.4 Å². The molecular weight excluding hydrogens is 290 g/mol. The summed E-state index contributed by atoms with van der Waals surface area (Å²) in [5.41, 5.74) is 2.11. The van der Waals surface area contributed by atoms with Crippen molar-refractivity contribution in [3.8, 4) is 0 Å². The first-order valence-electron chi connectivity index (χ1n) is 8.17. The number of aryl methyl sites for hydroxylation is 1. The number of hydrogen-bond donors (Lipinski definition) is 1. The van der Waals surface area contributed by atoms with E-state index in [1.165, 1.54) is 0 Å². The van der Waals surface area contributed by atoms with E-state index in [0.717, 1.165) is 49.5 Å². The van der Waals surface area contributed by atoms with Crippen LogP contribution in [0.1, 0.15) is 29.9 Å². The summed E-state index contributed by atoms with van der Waals surface area (Å²) in [5, 5.41) is 7.08. The van der Waals surface area contributed by atoms with Crippen LogP contribution in [-0.2, 0) is 17.9 Å². The molecule has 2 heterocycles. The Hall–Kier alpha value is -2.14. The SMILES string of the molecule is Cc1cc(CN2CCC(C(=O)NCc3ccccc3)CC2)no1. The summed E-state index contributed by atoms with van der Waals surface area (Å²) in [6.07, 6.45) is 1.80. The van der Waals surface area contributed by atoms with Gasteiger partial charge in [0.25, 0.3) is 0 Å². The molecule has 5 nitrogen and oxygen atoms in total. The molecule has 1 amide bonds. The van der Waals surface area contributed by atoms with Crippen LogP contribution in [0.25, 0.3) is 0 Å². The van der Waals surface area contributed by atoms with Gasteiger partial charge in [0.2, 0.25) is 5.91 Å². The average Bonchev–Trinajstić information content (AvgIpc) is 2.99. The maximum absolute atomic E-state index is 12.3. The number of piperidine rings is 1. The van der Waals surface area contributed by atoms with Gasteiger partial charge in [-0.1, -0.05) is 35.5 Å². The number of rotatable bonds is 5. The number of benzene rings is 1. The summed E-state index contributed by atoms with van der Waals surface area (Å²) in [6.45, 7) is 5.16. The molecule has 3 rings (SSSR count). The lowest BCUT2D eigenvalue weighted by Gasteiger charge is -2.30. The molecule has 23 heavy (non-hydrogen) atoms. The summed E-state index contributed by atoms with van der Waals surface area (Å²) in [6, 6.07) is 12.0. The van der Waals surface area contributed by atoms with Gasteiger partial charge in [-0.15, -0.1) is 0 Å². The van der Waals surface area contributed by atoms with Gasteiger partial charge in [-0.2, -0.15) is 0 Å². The van der Waals surface area contributed by atoms with Crippen molar-refractivity contribution in [2.24, 2.45) is 5.92 Å². The van der Waals surface area contributed by atoms with Crippen molar-refractivity contribution < 1.29 is 9.32 Å². The molecule has 1 aromatic carbocycles. The van der Waals surface area contributed by atoms with E-state index in [2.05, 4.69) is 15.4 Å². The highest BCUT2D eigenvalue weighted by Gasteiger charge is 2.25. The Morgan fingerprint density at radius 2 is 2.04 bits per heavy atom. The predicted molar refractivity (Wildman–Crippen MR) is 87.5 cm³/mol. The fraction of sp³-hybridized carbons (Fsp3) is 0.444. The van der Waals surface area contributed by atoms with Crippen LogP contribution < -0.4 is 5.32 Å². The zero-order valence-electron chi connectivity index (χ0n) is 13.5. The molecule has 0 spiro atoms. The number of likely N-dealkylation sites (tertiary alicyclic amines) is 1. The standard InChI is InChI=1S/C18H23N3O2/c1-14-11-17(20-23-14)13-21-9-7-16(8-10-21)18(22)19-12-15-5-3-2-4-6-15/h2-6,11,16H,7-10,12-13H2,1H3,(H,19,22). The van der Waals surface area contributed by atoms with Crippen molar-refractivity contribution in [1.82, 2.24) is 15.4 Å². The fourth-order valence-corrected chi connectivity index (χ4v) is 3.00. The molecule has 0 bridgehead atoms. The van der Waals surface area contributed by atoms with Crippen LogP contribution in [0.15, 0.2) is 40.9 Å². The van der Waals surface area contributed by atoms with Crippen molar-refractivity contribution in [2.45, 2.75) is 32.9 Å². The minimum absolute atomic E-state index is 0.119. The summed E-state index contributed by atoms with van der Waals surface area (Å²) >= 11 is 0. The molecule has 1 fully saturated rings. The Morgan fingerprint density at radius 3 is 2.70 bits per heavy atom. The van der Waals surface area contributed by atoms with Crippen molar-refractivity contribution in [1.29, 1.82) is 0 Å². The van der Waals surface area contributed by atoms with Gasteiger partial charge in [0.05, 0.1) is 5.69 Å². The first-order valence-corrected chi connectivity index (χ1v) is 8.17. The maximum Gasteiger partial charge on any atom is 0.223 e. The minimum atomic E-state index is 0.119. The molecule has 0 saturated carbocycles. The third-order valence-corrected chi connectivity index (χ3v) is 4.33. The average molecular weight is 313 g/mol. The molecule has 0 unspecified atom stereocenters. The van der Waals surface area contributed by atoms with Gasteiger partial charge in [-0.25, -0.2) is 0 Å². The number of amides is 1. The lowest BCUT2D eigenvalue weighted by atomic mass is 9.95. The Balaban J connectivity index is 1.42. The van der Waals surface area contributed by atoms with Crippen molar-refractivity contribution in [2.75, 3.05) is 13.1 Å². The van der Waals surface area contributed by atoms with E-state index >= 15 is 0 Å². The van der Waals surface area contributed by atoms with E-state index in [1.807, 2.05) is 43.3 Å². The van der Waals surface area contributed by atoms with Crippen LogP contribution in [0.5, 0.6) is 0 Å². The Bertz CT molecular complexity index is 631. The van der Waals surface area contributed by atoms with E-state index in [1.54, 1.807) is 0 Å². The molecule has 2 aromatic rings. The summed E-state index contributed by atoms with van der Waals surface area (Å²) in [7, 11) is 0. The van der Waals surface area contributed by atoms with E-state index in [0.29, 0.717) is 6.54 Å².